The highest BCUT2D eigenvalue weighted by Gasteiger charge is 2.17. The summed E-state index contributed by atoms with van der Waals surface area (Å²) in [5, 5.41) is 9.95. The second-order valence-electron chi connectivity index (χ2n) is 4.94. The van der Waals surface area contributed by atoms with Gasteiger partial charge in [-0.2, -0.15) is 0 Å². The molecular weight excluding hydrogens is 310 g/mol. The number of phenols is 1. The van der Waals surface area contributed by atoms with Crippen LogP contribution in [0.25, 0.3) is 11.5 Å². The molecule has 1 N–H and O–H groups in total. The predicted octanol–water partition coefficient (Wildman–Crippen LogP) is 3.41. The van der Waals surface area contributed by atoms with Gasteiger partial charge in [-0.25, -0.2) is 9.78 Å². The molecule has 0 amide bonds. The Bertz CT molecular complexity index is 842. The highest BCUT2D eigenvalue weighted by atomic mass is 16.5. The molecule has 0 unspecified atom stereocenters. The Morgan fingerprint density at radius 2 is 1.96 bits per heavy atom. The van der Waals surface area contributed by atoms with Gasteiger partial charge in [0.15, 0.2) is 11.5 Å². The van der Waals surface area contributed by atoms with Gasteiger partial charge in [0.2, 0.25) is 5.89 Å². The first kappa shape index (κ1) is 15.6. The fourth-order valence-corrected chi connectivity index (χ4v) is 2.16. The number of nitrogens with zero attached hydrogens (tertiary/aromatic N) is 1. The van der Waals surface area contributed by atoms with Gasteiger partial charge in [-0.1, -0.05) is 24.3 Å². The Labute approximate surface area is 138 Å². The lowest BCUT2D eigenvalue weighted by atomic mass is 10.2. The Hall–Kier alpha value is -3.28. The van der Waals surface area contributed by atoms with Crippen LogP contribution in [0.1, 0.15) is 16.1 Å². The maximum Gasteiger partial charge on any atom is 0.342 e. The number of benzene rings is 2. The Kier molecular flexibility index (Phi) is 4.47. The molecule has 0 aliphatic rings. The molecule has 1 heterocycles. The van der Waals surface area contributed by atoms with Crippen LogP contribution < -0.4 is 4.74 Å². The van der Waals surface area contributed by atoms with Crippen LogP contribution in [-0.2, 0) is 11.3 Å². The van der Waals surface area contributed by atoms with Crippen molar-refractivity contribution in [2.45, 2.75) is 6.61 Å². The van der Waals surface area contributed by atoms with Crippen LogP contribution in [0.4, 0.5) is 0 Å². The number of esters is 1. The number of oxazole rings is 1. The standard InChI is InChI=1S/C18H15NO5/c1-22-15-9-5-8-14(16(15)20)18(21)24-11-13-10-23-17(19-13)12-6-3-2-4-7-12/h2-10,20H,11H2,1H3. The fraction of sp³-hybridized carbons (Fsp3) is 0.111. The van der Waals surface area contributed by atoms with E-state index in [0.717, 1.165) is 5.56 Å². The number of carbonyl (C=O) groups excluding carboxylic acids is 1. The van der Waals surface area contributed by atoms with Gasteiger partial charge in [-0.05, 0) is 24.3 Å². The van der Waals surface area contributed by atoms with Crippen molar-refractivity contribution in [2.75, 3.05) is 7.11 Å². The van der Waals surface area contributed by atoms with Gasteiger partial charge in [0.1, 0.15) is 24.1 Å². The molecule has 0 aliphatic carbocycles. The zero-order valence-electron chi connectivity index (χ0n) is 12.9. The monoisotopic (exact) mass is 325 g/mol. The number of carbonyl (C=O) groups is 1. The first-order valence-electron chi connectivity index (χ1n) is 7.22. The lowest BCUT2D eigenvalue weighted by molar-refractivity contribution is 0.0464. The highest BCUT2D eigenvalue weighted by Crippen LogP contribution is 2.30. The van der Waals surface area contributed by atoms with Crippen molar-refractivity contribution in [2.24, 2.45) is 0 Å². The van der Waals surface area contributed by atoms with E-state index < -0.39 is 5.97 Å². The molecule has 3 aromatic rings. The number of hydrogen-bond donors (Lipinski definition) is 1. The van der Waals surface area contributed by atoms with Crippen LogP contribution in [0.3, 0.4) is 0 Å². The van der Waals surface area contributed by atoms with E-state index in [2.05, 4.69) is 4.98 Å². The number of para-hydroxylation sites is 1. The smallest absolute Gasteiger partial charge is 0.342 e. The molecule has 0 fully saturated rings. The van der Waals surface area contributed by atoms with Crippen molar-refractivity contribution in [3.8, 4) is 23.0 Å². The molecule has 0 saturated heterocycles. The molecule has 122 valence electrons. The van der Waals surface area contributed by atoms with E-state index in [4.69, 9.17) is 13.9 Å². The lowest BCUT2D eigenvalue weighted by Gasteiger charge is -2.08. The van der Waals surface area contributed by atoms with Crippen LogP contribution >= 0.6 is 0 Å². The van der Waals surface area contributed by atoms with E-state index in [-0.39, 0.29) is 23.7 Å². The number of aromatic nitrogens is 1. The number of rotatable bonds is 5. The molecular formula is C18H15NO5. The molecule has 0 radical (unpaired) electrons. The largest absolute Gasteiger partial charge is 0.504 e. The molecule has 6 nitrogen and oxygen atoms in total. The summed E-state index contributed by atoms with van der Waals surface area (Å²) in [4.78, 5) is 16.4. The lowest BCUT2D eigenvalue weighted by Crippen LogP contribution is -2.06. The third-order valence-electron chi connectivity index (χ3n) is 3.36. The van der Waals surface area contributed by atoms with Crippen molar-refractivity contribution < 1.29 is 23.8 Å². The van der Waals surface area contributed by atoms with Crippen molar-refractivity contribution in [3.05, 3.63) is 66.1 Å². The van der Waals surface area contributed by atoms with Crippen LogP contribution in [0.15, 0.2) is 59.2 Å². The highest BCUT2D eigenvalue weighted by molar-refractivity contribution is 5.93. The van der Waals surface area contributed by atoms with Crippen LogP contribution in [0.2, 0.25) is 0 Å². The molecule has 3 rings (SSSR count). The van der Waals surface area contributed by atoms with E-state index in [9.17, 15) is 9.90 Å². The molecule has 0 bridgehead atoms. The van der Waals surface area contributed by atoms with E-state index >= 15 is 0 Å². The summed E-state index contributed by atoms with van der Waals surface area (Å²) in [7, 11) is 1.41. The molecule has 0 atom stereocenters. The summed E-state index contributed by atoms with van der Waals surface area (Å²) < 4.78 is 15.5. The maximum absolute atomic E-state index is 12.1. The summed E-state index contributed by atoms with van der Waals surface area (Å²) in [6.45, 7) is -0.0637. The number of hydrogen-bond acceptors (Lipinski definition) is 6. The molecule has 2 aromatic carbocycles. The predicted molar refractivity (Wildman–Crippen MR) is 85.7 cm³/mol. The van der Waals surface area contributed by atoms with Gasteiger partial charge in [-0.15, -0.1) is 0 Å². The number of aromatic hydroxyl groups is 1. The average molecular weight is 325 g/mol. The van der Waals surface area contributed by atoms with E-state index in [0.29, 0.717) is 11.6 Å². The summed E-state index contributed by atoms with van der Waals surface area (Å²) >= 11 is 0. The van der Waals surface area contributed by atoms with E-state index in [1.807, 2.05) is 30.3 Å². The van der Waals surface area contributed by atoms with Gasteiger partial charge in [0, 0.05) is 5.56 Å². The van der Waals surface area contributed by atoms with Crippen molar-refractivity contribution in [1.29, 1.82) is 0 Å². The second kappa shape index (κ2) is 6.87. The summed E-state index contributed by atoms with van der Waals surface area (Å²) in [6.07, 6.45) is 1.43. The zero-order chi connectivity index (χ0) is 16.9. The van der Waals surface area contributed by atoms with Crippen LogP contribution in [0.5, 0.6) is 11.5 Å². The van der Waals surface area contributed by atoms with E-state index in [1.165, 1.54) is 19.4 Å². The number of phenolic OH excluding ortho intramolecular Hbond substituents is 1. The summed E-state index contributed by atoms with van der Waals surface area (Å²) in [5.41, 5.74) is 1.34. The minimum Gasteiger partial charge on any atom is -0.504 e. The molecule has 0 aliphatic heterocycles. The van der Waals surface area contributed by atoms with Gasteiger partial charge in [-0.3, -0.25) is 0 Å². The quantitative estimate of drug-likeness (QED) is 0.724. The topological polar surface area (TPSA) is 81.8 Å². The summed E-state index contributed by atoms with van der Waals surface area (Å²) in [5.74, 6) is -0.270. The maximum atomic E-state index is 12.1. The minimum absolute atomic E-state index is 0.0288. The Balaban J connectivity index is 1.68. The normalized spacial score (nSPS) is 10.4. The zero-order valence-corrected chi connectivity index (χ0v) is 12.9. The van der Waals surface area contributed by atoms with Crippen molar-refractivity contribution >= 4 is 5.97 Å². The molecule has 1 aromatic heterocycles. The van der Waals surface area contributed by atoms with Gasteiger partial charge < -0.3 is 19.0 Å². The van der Waals surface area contributed by atoms with Crippen molar-refractivity contribution in [3.63, 3.8) is 0 Å². The third-order valence-corrected chi connectivity index (χ3v) is 3.36. The number of ether oxygens (including phenoxy) is 2. The number of methoxy groups -OCH3 is 1. The molecule has 0 spiro atoms. The van der Waals surface area contributed by atoms with Gasteiger partial charge >= 0.3 is 5.97 Å². The SMILES string of the molecule is COc1cccc(C(=O)OCc2coc(-c3ccccc3)n2)c1O. The van der Waals surface area contributed by atoms with Gasteiger partial charge in [0.25, 0.3) is 0 Å². The molecule has 24 heavy (non-hydrogen) atoms. The first-order chi connectivity index (χ1) is 11.7. The summed E-state index contributed by atoms with van der Waals surface area (Å²) in [6, 6.07) is 14.0. The fourth-order valence-electron chi connectivity index (χ4n) is 2.16. The van der Waals surface area contributed by atoms with Gasteiger partial charge in [0.05, 0.1) is 7.11 Å². The van der Waals surface area contributed by atoms with Crippen molar-refractivity contribution in [1.82, 2.24) is 4.98 Å². The van der Waals surface area contributed by atoms with Crippen LogP contribution in [0, 0.1) is 0 Å². The van der Waals surface area contributed by atoms with E-state index in [1.54, 1.807) is 12.1 Å². The molecule has 6 heteroatoms. The second-order valence-corrected chi connectivity index (χ2v) is 4.94. The Morgan fingerprint density at radius 3 is 2.71 bits per heavy atom. The average Bonchev–Trinajstić information content (AvgIpc) is 3.10. The first-order valence-corrected chi connectivity index (χ1v) is 7.22. The Morgan fingerprint density at radius 1 is 1.17 bits per heavy atom. The minimum atomic E-state index is -0.671. The van der Waals surface area contributed by atoms with Crippen LogP contribution in [-0.4, -0.2) is 23.2 Å². The third kappa shape index (κ3) is 3.22. The molecule has 0 saturated carbocycles.